The van der Waals surface area contributed by atoms with E-state index in [1.165, 1.54) is 12.3 Å². The van der Waals surface area contributed by atoms with Crippen molar-refractivity contribution in [3.8, 4) is 6.07 Å². The number of carbonyl (C=O) groups excluding carboxylic acids is 2. The third-order valence-electron chi connectivity index (χ3n) is 13.5. The van der Waals surface area contributed by atoms with Crippen LogP contribution in [0.3, 0.4) is 0 Å². The highest BCUT2D eigenvalue weighted by Gasteiger charge is 2.75. The molecule has 0 bridgehead atoms. The van der Waals surface area contributed by atoms with E-state index in [0.717, 1.165) is 18.4 Å². The Morgan fingerprint density at radius 2 is 1.66 bits per heavy atom. The number of Topliss-reactive ketones (excluding diaryl/α,β-unsaturated/α-hetero) is 1. The maximum atomic E-state index is 14.6. The van der Waals surface area contributed by atoms with Gasteiger partial charge in [0.25, 0.3) is 10.0 Å². The van der Waals surface area contributed by atoms with Crippen LogP contribution in [0.2, 0.25) is 0 Å². The first-order valence-corrected chi connectivity index (χ1v) is 17.3. The van der Waals surface area contributed by atoms with Gasteiger partial charge in [0.2, 0.25) is 0 Å². The molecule has 8 atom stereocenters. The van der Waals surface area contributed by atoms with Gasteiger partial charge in [-0.2, -0.15) is 5.26 Å². The number of sulfonamides is 1. The molecule has 6 rings (SSSR count). The van der Waals surface area contributed by atoms with Crippen molar-refractivity contribution in [3.05, 3.63) is 47.7 Å². The van der Waals surface area contributed by atoms with Crippen LogP contribution in [-0.4, -0.2) is 41.2 Å². The van der Waals surface area contributed by atoms with Crippen LogP contribution in [0.15, 0.2) is 52.7 Å². The van der Waals surface area contributed by atoms with E-state index in [2.05, 4.69) is 43.5 Å². The van der Waals surface area contributed by atoms with E-state index >= 15 is 0 Å². The quantitative estimate of drug-likeness (QED) is 0.459. The van der Waals surface area contributed by atoms with Gasteiger partial charge >= 0.3 is 0 Å². The van der Waals surface area contributed by atoms with Crippen molar-refractivity contribution in [2.24, 2.45) is 38.9 Å². The standard InChI is InChI=1S/C35H45N3O5S/c1-29(2)23-11-12-33(6)24(32(23,5)19-22(21-36)28(29)40)18-26(39)35(41)25-20-31(4,15-13-30(25,3)14-16-34(33,35)7)38-44(42,43)27-10-8-9-17-37-27/h8-10,17-19,23,25,38,41H,11-16,20H2,1-7H3/t23-,25+,30+,31-,32-,33+,34-,35+/m0/s1. The molecule has 0 saturated heterocycles. The summed E-state index contributed by atoms with van der Waals surface area (Å²) in [5, 5.41) is 22.9. The second kappa shape index (κ2) is 9.20. The highest BCUT2D eigenvalue weighted by Crippen LogP contribution is 2.75. The van der Waals surface area contributed by atoms with Crippen LogP contribution in [0.5, 0.6) is 0 Å². The van der Waals surface area contributed by atoms with Gasteiger partial charge in [-0.15, -0.1) is 0 Å². The molecule has 8 nitrogen and oxygen atoms in total. The molecule has 236 valence electrons. The average Bonchev–Trinajstić information content (AvgIpc) is 2.95. The molecule has 2 N–H and O–H groups in total. The zero-order valence-corrected chi connectivity index (χ0v) is 27.8. The molecule has 5 aliphatic carbocycles. The fraction of sp³-hybridized carbons (Fsp3) is 0.657. The van der Waals surface area contributed by atoms with Crippen molar-refractivity contribution >= 4 is 21.6 Å². The van der Waals surface area contributed by atoms with Crippen LogP contribution in [0.4, 0.5) is 0 Å². The fourth-order valence-electron chi connectivity index (χ4n) is 10.7. The number of carbonyl (C=O) groups is 2. The van der Waals surface area contributed by atoms with Crippen molar-refractivity contribution in [1.82, 2.24) is 9.71 Å². The van der Waals surface area contributed by atoms with E-state index in [1.807, 2.05) is 20.8 Å². The summed E-state index contributed by atoms with van der Waals surface area (Å²) in [7, 11) is -3.93. The Labute approximate surface area is 261 Å². The van der Waals surface area contributed by atoms with E-state index in [9.17, 15) is 28.4 Å². The number of nitrogens with one attached hydrogen (secondary N) is 1. The molecule has 5 aliphatic rings. The number of nitriles is 1. The number of allylic oxidation sites excluding steroid dienone is 3. The number of ketones is 2. The first-order valence-electron chi connectivity index (χ1n) is 15.9. The van der Waals surface area contributed by atoms with Crippen LogP contribution >= 0.6 is 0 Å². The summed E-state index contributed by atoms with van der Waals surface area (Å²) in [5.41, 5.74) is -4.81. The third-order valence-corrected chi connectivity index (χ3v) is 15.1. The molecule has 3 saturated carbocycles. The number of pyridine rings is 1. The third kappa shape index (κ3) is 3.80. The van der Waals surface area contributed by atoms with E-state index < -0.39 is 48.7 Å². The molecule has 3 fully saturated rings. The largest absolute Gasteiger partial charge is 0.381 e. The SMILES string of the molecule is CC1(C)C(=O)C(C#N)=C[C@]2(C)C3=CC(=O)[C@]4(O)[C@@H]5C[C@@](C)(NS(=O)(=O)c6ccccn6)CC[C@]5(C)CC[C@@]4(C)[C@]3(C)CC[C@@H]12. The maximum absolute atomic E-state index is 14.6. The van der Waals surface area contributed by atoms with E-state index in [1.54, 1.807) is 24.3 Å². The molecular weight excluding hydrogens is 574 g/mol. The summed E-state index contributed by atoms with van der Waals surface area (Å²) in [6, 6.07) is 6.89. The minimum absolute atomic E-state index is 0.0562. The first kappa shape index (κ1) is 31.3. The molecule has 1 heterocycles. The minimum atomic E-state index is -3.93. The van der Waals surface area contributed by atoms with E-state index in [4.69, 9.17) is 0 Å². The lowest BCUT2D eigenvalue weighted by molar-refractivity contribution is -0.239. The Balaban J connectivity index is 1.46. The van der Waals surface area contributed by atoms with Gasteiger partial charge in [0.05, 0.1) is 5.57 Å². The summed E-state index contributed by atoms with van der Waals surface area (Å²) in [5.74, 6) is -1.07. The monoisotopic (exact) mass is 619 g/mol. The van der Waals surface area contributed by atoms with E-state index in [0.29, 0.717) is 32.1 Å². The van der Waals surface area contributed by atoms with Crippen molar-refractivity contribution in [2.75, 3.05) is 0 Å². The van der Waals surface area contributed by atoms with Gasteiger partial charge in [0, 0.05) is 33.9 Å². The van der Waals surface area contributed by atoms with Crippen LogP contribution in [0.25, 0.3) is 0 Å². The summed E-state index contributed by atoms with van der Waals surface area (Å²) < 4.78 is 29.7. The summed E-state index contributed by atoms with van der Waals surface area (Å²) in [6.45, 7) is 14.1. The summed E-state index contributed by atoms with van der Waals surface area (Å²) in [6.07, 6.45) is 9.33. The minimum Gasteiger partial charge on any atom is -0.381 e. The number of aliphatic hydroxyl groups is 1. The highest BCUT2D eigenvalue weighted by molar-refractivity contribution is 7.89. The molecule has 1 aromatic heterocycles. The van der Waals surface area contributed by atoms with Gasteiger partial charge in [-0.3, -0.25) is 9.59 Å². The van der Waals surface area contributed by atoms with Crippen molar-refractivity contribution in [2.45, 2.75) is 110 Å². The van der Waals surface area contributed by atoms with Gasteiger partial charge < -0.3 is 5.11 Å². The number of hydrogen-bond acceptors (Lipinski definition) is 7. The molecule has 44 heavy (non-hydrogen) atoms. The van der Waals surface area contributed by atoms with Gasteiger partial charge in [0.1, 0.15) is 11.7 Å². The Hall–Kier alpha value is -2.67. The fourth-order valence-corrected chi connectivity index (χ4v) is 12.1. The molecule has 1 aromatic rings. The lowest BCUT2D eigenvalue weighted by Crippen LogP contribution is -2.74. The van der Waals surface area contributed by atoms with Crippen molar-refractivity contribution < 1.29 is 23.1 Å². The Kier molecular flexibility index (Phi) is 6.55. The summed E-state index contributed by atoms with van der Waals surface area (Å²) >= 11 is 0. The van der Waals surface area contributed by atoms with Gasteiger partial charge in [0.15, 0.2) is 16.6 Å². The molecule has 0 aliphatic heterocycles. The highest BCUT2D eigenvalue weighted by atomic mass is 32.2. The van der Waals surface area contributed by atoms with Gasteiger partial charge in [-0.1, -0.05) is 53.7 Å². The van der Waals surface area contributed by atoms with E-state index in [-0.39, 0.29) is 33.5 Å². The van der Waals surface area contributed by atoms with Crippen LogP contribution in [0.1, 0.15) is 93.4 Å². The van der Waals surface area contributed by atoms with Crippen molar-refractivity contribution in [3.63, 3.8) is 0 Å². The number of hydrogen-bond donors (Lipinski definition) is 2. The molecule has 0 unspecified atom stereocenters. The van der Waals surface area contributed by atoms with Gasteiger partial charge in [-0.05, 0) is 92.4 Å². The summed E-state index contributed by atoms with van der Waals surface area (Å²) in [4.78, 5) is 32.0. The predicted molar refractivity (Wildman–Crippen MR) is 165 cm³/mol. The first-order chi connectivity index (χ1) is 20.2. The molecule has 0 spiro atoms. The molecule has 9 heteroatoms. The second-order valence-corrected chi connectivity index (χ2v) is 17.8. The number of aromatic nitrogens is 1. The average molecular weight is 620 g/mol. The normalized spacial score (nSPS) is 44.6. The lowest BCUT2D eigenvalue weighted by Gasteiger charge is -2.71. The predicted octanol–water partition coefficient (Wildman–Crippen LogP) is 5.45. The Morgan fingerprint density at radius 3 is 2.30 bits per heavy atom. The molecule has 0 aromatic carbocycles. The molecule has 0 radical (unpaired) electrons. The zero-order valence-electron chi connectivity index (χ0n) is 27.0. The van der Waals surface area contributed by atoms with Crippen LogP contribution in [0, 0.1) is 50.2 Å². The molecular formula is C35H45N3O5S. The number of nitrogens with zero attached hydrogens (tertiary/aromatic N) is 2. The Morgan fingerprint density at radius 1 is 0.977 bits per heavy atom. The second-order valence-electron chi connectivity index (χ2n) is 16.2. The smallest absolute Gasteiger partial charge is 0.258 e. The topological polar surface area (TPSA) is 137 Å². The Bertz CT molecular complexity index is 1680. The zero-order chi connectivity index (χ0) is 32.4. The van der Waals surface area contributed by atoms with Crippen molar-refractivity contribution in [1.29, 1.82) is 5.26 Å². The van der Waals surface area contributed by atoms with Crippen LogP contribution < -0.4 is 4.72 Å². The lowest BCUT2D eigenvalue weighted by atomic mass is 9.33. The van der Waals surface area contributed by atoms with Crippen LogP contribution in [-0.2, 0) is 19.6 Å². The number of rotatable bonds is 3. The molecule has 0 amide bonds. The maximum Gasteiger partial charge on any atom is 0.258 e. The number of fused-ring (bicyclic) bond motifs is 7. The van der Waals surface area contributed by atoms with Gasteiger partial charge in [-0.25, -0.2) is 18.1 Å².